The highest BCUT2D eigenvalue weighted by atomic mass is 16.7. The fourth-order valence-corrected chi connectivity index (χ4v) is 4.60. The summed E-state index contributed by atoms with van der Waals surface area (Å²) in [4.78, 5) is 36.3. The third kappa shape index (κ3) is 3.92. The number of rotatable bonds is 3. The molecule has 0 unspecified atom stereocenters. The van der Waals surface area contributed by atoms with Crippen molar-refractivity contribution in [1.29, 1.82) is 0 Å². The molecule has 0 aromatic heterocycles. The Labute approximate surface area is 170 Å². The molecule has 0 radical (unpaired) electrons. The maximum atomic E-state index is 12.4. The lowest BCUT2D eigenvalue weighted by molar-refractivity contribution is -0.253. The Balaban J connectivity index is 2.03. The van der Waals surface area contributed by atoms with Crippen LogP contribution in [0.1, 0.15) is 53.9 Å². The van der Waals surface area contributed by atoms with Crippen LogP contribution in [-0.4, -0.2) is 52.7 Å². The molecule has 0 spiro atoms. The van der Waals surface area contributed by atoms with Gasteiger partial charge >= 0.3 is 17.9 Å². The van der Waals surface area contributed by atoms with E-state index in [-0.39, 0.29) is 24.3 Å². The van der Waals surface area contributed by atoms with Gasteiger partial charge in [0.05, 0.1) is 11.8 Å². The van der Waals surface area contributed by atoms with Gasteiger partial charge in [-0.15, -0.1) is 0 Å². The zero-order chi connectivity index (χ0) is 21.7. The van der Waals surface area contributed by atoms with Crippen molar-refractivity contribution in [2.45, 2.75) is 83.6 Å². The predicted octanol–water partition coefficient (Wildman–Crippen LogP) is 1.88. The molecule has 3 rings (SSSR count). The van der Waals surface area contributed by atoms with E-state index < -0.39 is 59.4 Å². The van der Waals surface area contributed by atoms with Gasteiger partial charge in [0.1, 0.15) is 23.9 Å². The Morgan fingerprint density at radius 2 is 1.93 bits per heavy atom. The van der Waals surface area contributed by atoms with Crippen LogP contribution < -0.4 is 0 Å². The molecular weight excluding hydrogens is 380 g/mol. The van der Waals surface area contributed by atoms with E-state index in [1.54, 1.807) is 27.7 Å². The Kier molecular flexibility index (Phi) is 5.55. The van der Waals surface area contributed by atoms with Gasteiger partial charge in [0.2, 0.25) is 0 Å². The number of aliphatic hydroxyl groups is 1. The summed E-state index contributed by atoms with van der Waals surface area (Å²) < 4.78 is 22.9. The summed E-state index contributed by atoms with van der Waals surface area (Å²) in [5.74, 6) is -4.36. The molecule has 3 saturated heterocycles. The monoisotopic (exact) mass is 410 g/mol. The van der Waals surface area contributed by atoms with Crippen LogP contribution in [0.2, 0.25) is 0 Å². The van der Waals surface area contributed by atoms with Crippen molar-refractivity contribution in [3.63, 3.8) is 0 Å². The van der Waals surface area contributed by atoms with Gasteiger partial charge in [-0.05, 0) is 13.3 Å². The molecule has 2 bridgehead atoms. The molecule has 0 aliphatic carbocycles. The number of hydrogen-bond acceptors (Lipinski definition) is 8. The third-order valence-electron chi connectivity index (χ3n) is 6.30. The van der Waals surface area contributed by atoms with Crippen molar-refractivity contribution < 1.29 is 38.4 Å². The number of hydrogen-bond donors (Lipinski definition) is 1. The van der Waals surface area contributed by atoms with Crippen LogP contribution in [0.5, 0.6) is 0 Å². The Morgan fingerprint density at radius 1 is 1.28 bits per heavy atom. The smallest absolute Gasteiger partial charge is 0.334 e. The average molecular weight is 410 g/mol. The van der Waals surface area contributed by atoms with Crippen LogP contribution in [0.15, 0.2) is 12.2 Å². The molecule has 162 valence electrons. The molecule has 3 aliphatic rings. The molecule has 3 fully saturated rings. The number of carbonyl (C=O) groups excluding carboxylic acids is 3. The fourth-order valence-electron chi connectivity index (χ4n) is 4.60. The maximum absolute atomic E-state index is 12.4. The zero-order valence-corrected chi connectivity index (χ0v) is 17.6. The highest BCUT2D eigenvalue weighted by Crippen LogP contribution is 2.50. The number of esters is 3. The summed E-state index contributed by atoms with van der Waals surface area (Å²) in [5.41, 5.74) is -0.876. The molecule has 3 aliphatic heterocycles. The summed E-state index contributed by atoms with van der Waals surface area (Å²) in [6, 6.07) is 0. The first-order valence-electron chi connectivity index (χ1n) is 10.1. The van der Waals surface area contributed by atoms with Crippen LogP contribution in [0.25, 0.3) is 0 Å². The topological polar surface area (TPSA) is 108 Å². The second-order valence-electron chi connectivity index (χ2n) is 9.03. The van der Waals surface area contributed by atoms with E-state index in [2.05, 4.69) is 6.58 Å². The Hall–Kier alpha value is -1.93. The first-order valence-corrected chi connectivity index (χ1v) is 10.1. The Bertz CT molecular complexity index is 730. The largest absolute Gasteiger partial charge is 0.461 e. The lowest BCUT2D eigenvalue weighted by atomic mass is 9.77. The minimum atomic E-state index is -1.56. The molecule has 0 amide bonds. The van der Waals surface area contributed by atoms with E-state index in [4.69, 9.17) is 18.9 Å². The second-order valence-corrected chi connectivity index (χ2v) is 9.03. The number of carbonyl (C=O) groups is 3. The van der Waals surface area contributed by atoms with Crippen molar-refractivity contribution >= 4 is 17.9 Å². The standard InChI is InChI=1S/C21H30O8/c1-10(2)18(23)28-15-8-20(6)16(26-13(5)22)9-21(25,29-20)11(3)7-14-17(15)12(4)19(24)27-14/h10-11,14-17,25H,4,7-9H2,1-3,5-6H3/t11-,14+,15+,16+,17-,20+,21+/m0/s1. The highest BCUT2D eigenvalue weighted by Gasteiger charge is 2.61. The summed E-state index contributed by atoms with van der Waals surface area (Å²) >= 11 is 0. The van der Waals surface area contributed by atoms with Crippen LogP contribution in [0.4, 0.5) is 0 Å². The van der Waals surface area contributed by atoms with E-state index >= 15 is 0 Å². The maximum Gasteiger partial charge on any atom is 0.334 e. The molecule has 1 N–H and O–H groups in total. The molecule has 0 saturated carbocycles. The highest BCUT2D eigenvalue weighted by molar-refractivity contribution is 5.91. The van der Waals surface area contributed by atoms with Crippen molar-refractivity contribution in [1.82, 2.24) is 0 Å². The van der Waals surface area contributed by atoms with Gasteiger partial charge < -0.3 is 24.1 Å². The molecule has 8 heteroatoms. The molecule has 0 aromatic rings. The third-order valence-corrected chi connectivity index (χ3v) is 6.30. The first-order chi connectivity index (χ1) is 13.4. The SMILES string of the molecule is C=C1C(=O)O[C@@H]2C[C@H](C)[C@@]3(O)C[C@@H](OC(C)=O)[C@@](C)(C[C@@H](OC(=O)C(C)C)[C@@H]12)O3. The second kappa shape index (κ2) is 7.40. The minimum Gasteiger partial charge on any atom is -0.461 e. The molecular formula is C21H30O8. The fraction of sp³-hybridized carbons (Fsp3) is 0.762. The summed E-state index contributed by atoms with van der Waals surface area (Å²) in [6.45, 7) is 12.1. The van der Waals surface area contributed by atoms with Gasteiger partial charge in [0.15, 0.2) is 5.79 Å². The summed E-state index contributed by atoms with van der Waals surface area (Å²) in [5, 5.41) is 11.2. The average Bonchev–Trinajstić information content (AvgIpc) is 3.00. The lowest BCUT2D eigenvalue weighted by Crippen LogP contribution is -2.46. The number of fused-ring (bicyclic) bond motifs is 3. The van der Waals surface area contributed by atoms with Gasteiger partial charge in [-0.1, -0.05) is 27.4 Å². The molecule has 0 aromatic carbocycles. The van der Waals surface area contributed by atoms with Gasteiger partial charge in [0, 0.05) is 31.3 Å². The van der Waals surface area contributed by atoms with E-state index in [0.717, 1.165) is 0 Å². The van der Waals surface area contributed by atoms with Gasteiger partial charge in [-0.3, -0.25) is 9.59 Å². The molecule has 7 atom stereocenters. The van der Waals surface area contributed by atoms with Crippen LogP contribution in [0, 0.1) is 17.8 Å². The van der Waals surface area contributed by atoms with E-state index in [1.165, 1.54) is 6.92 Å². The van der Waals surface area contributed by atoms with E-state index in [0.29, 0.717) is 6.42 Å². The molecule has 3 heterocycles. The number of ether oxygens (including phenoxy) is 4. The van der Waals surface area contributed by atoms with E-state index in [9.17, 15) is 19.5 Å². The van der Waals surface area contributed by atoms with Gasteiger partial charge in [-0.2, -0.15) is 0 Å². The zero-order valence-electron chi connectivity index (χ0n) is 17.6. The molecule has 8 nitrogen and oxygen atoms in total. The quantitative estimate of drug-likeness (QED) is 0.427. The van der Waals surface area contributed by atoms with Crippen molar-refractivity contribution in [2.75, 3.05) is 0 Å². The van der Waals surface area contributed by atoms with Crippen molar-refractivity contribution in [3.05, 3.63) is 12.2 Å². The lowest BCUT2D eigenvalue weighted by Gasteiger charge is -2.35. The summed E-state index contributed by atoms with van der Waals surface area (Å²) in [7, 11) is 0. The van der Waals surface area contributed by atoms with E-state index in [1.807, 2.05) is 0 Å². The molecule has 29 heavy (non-hydrogen) atoms. The first kappa shape index (κ1) is 21.8. The van der Waals surface area contributed by atoms with Gasteiger partial charge in [0.25, 0.3) is 0 Å². The normalized spacial score (nSPS) is 41.8. The van der Waals surface area contributed by atoms with Gasteiger partial charge in [-0.25, -0.2) is 4.79 Å². The Morgan fingerprint density at radius 3 is 2.52 bits per heavy atom. The predicted molar refractivity (Wildman–Crippen MR) is 100 cm³/mol. The van der Waals surface area contributed by atoms with Crippen LogP contribution >= 0.6 is 0 Å². The summed E-state index contributed by atoms with van der Waals surface area (Å²) in [6.07, 6.45) is -1.58. The van der Waals surface area contributed by atoms with Crippen molar-refractivity contribution in [2.24, 2.45) is 17.8 Å². The van der Waals surface area contributed by atoms with Crippen LogP contribution in [-0.2, 0) is 33.3 Å². The van der Waals surface area contributed by atoms with Crippen LogP contribution in [0.3, 0.4) is 0 Å². The minimum absolute atomic E-state index is 0.0847. The van der Waals surface area contributed by atoms with Crippen molar-refractivity contribution in [3.8, 4) is 0 Å².